The lowest BCUT2D eigenvalue weighted by Gasteiger charge is -2.21. The molecule has 1 amide bonds. The highest BCUT2D eigenvalue weighted by Gasteiger charge is 2.24. The number of nitrogens with zero attached hydrogens (tertiary/aromatic N) is 1. The van der Waals surface area contributed by atoms with E-state index in [2.05, 4.69) is 26.1 Å². The van der Waals surface area contributed by atoms with Crippen molar-refractivity contribution < 1.29 is 9.53 Å². The van der Waals surface area contributed by atoms with Gasteiger partial charge in [0.2, 0.25) is 0 Å². The lowest BCUT2D eigenvalue weighted by Crippen LogP contribution is -2.24. The summed E-state index contributed by atoms with van der Waals surface area (Å²) in [6.07, 6.45) is 0.996. The molecule has 0 spiro atoms. The topological polar surface area (TPSA) is 67.6 Å². The van der Waals surface area contributed by atoms with Gasteiger partial charge in [0.15, 0.2) is 5.75 Å². The Morgan fingerprint density at radius 1 is 1.45 bits per heavy atom. The van der Waals surface area contributed by atoms with Crippen molar-refractivity contribution in [3.8, 4) is 5.75 Å². The Hall–Kier alpha value is -1.43. The van der Waals surface area contributed by atoms with Gasteiger partial charge < -0.3 is 20.7 Å². The van der Waals surface area contributed by atoms with E-state index < -0.39 is 0 Å². The van der Waals surface area contributed by atoms with Gasteiger partial charge in [-0.25, -0.2) is 0 Å². The Labute approximate surface area is 125 Å². The van der Waals surface area contributed by atoms with Gasteiger partial charge in [-0.05, 0) is 12.3 Å². The summed E-state index contributed by atoms with van der Waals surface area (Å²) in [6, 6.07) is 0.323. The number of hydrogen-bond acceptors (Lipinski definition) is 5. The zero-order valence-corrected chi connectivity index (χ0v) is 13.9. The molecule has 1 aromatic heterocycles. The van der Waals surface area contributed by atoms with Crippen LogP contribution in [0.5, 0.6) is 5.75 Å². The Balaban J connectivity index is 3.14. The maximum atomic E-state index is 12.1. The molecule has 1 atom stereocenters. The normalized spacial score (nSPS) is 12.3. The predicted molar refractivity (Wildman–Crippen MR) is 85.8 cm³/mol. The number of anilines is 2. The Morgan fingerprint density at radius 2 is 2.05 bits per heavy atom. The number of nitrogens with two attached hydrogens (primary N) is 1. The van der Waals surface area contributed by atoms with Gasteiger partial charge in [-0.1, -0.05) is 20.8 Å². The number of hydrogen-bond donors (Lipinski definition) is 2. The second-order valence-corrected chi connectivity index (χ2v) is 6.33. The minimum absolute atomic E-state index is 0.101. The minimum Gasteiger partial charge on any atom is -0.492 e. The van der Waals surface area contributed by atoms with Crippen molar-refractivity contribution in [2.75, 3.05) is 32.3 Å². The van der Waals surface area contributed by atoms with Gasteiger partial charge in [-0.2, -0.15) is 0 Å². The van der Waals surface area contributed by atoms with Crippen molar-refractivity contribution in [1.82, 2.24) is 4.90 Å². The van der Waals surface area contributed by atoms with Gasteiger partial charge in [0.25, 0.3) is 5.91 Å². The van der Waals surface area contributed by atoms with Crippen molar-refractivity contribution in [2.45, 2.75) is 33.2 Å². The molecule has 114 valence electrons. The third kappa shape index (κ3) is 3.36. The Morgan fingerprint density at radius 3 is 2.45 bits per heavy atom. The summed E-state index contributed by atoms with van der Waals surface area (Å²) in [7, 11) is 5.00. The number of nitrogens with one attached hydrogen (secondary N) is 1. The molecule has 0 aliphatic carbocycles. The van der Waals surface area contributed by atoms with E-state index >= 15 is 0 Å². The number of ether oxygens (including phenoxy) is 1. The highest BCUT2D eigenvalue weighted by atomic mass is 32.1. The van der Waals surface area contributed by atoms with E-state index in [1.165, 1.54) is 16.2 Å². The molecule has 0 aliphatic heterocycles. The second kappa shape index (κ2) is 6.83. The molecule has 1 heterocycles. The fraction of sp³-hybridized carbons (Fsp3) is 0.643. The molecule has 0 aromatic carbocycles. The van der Waals surface area contributed by atoms with Crippen molar-refractivity contribution in [2.24, 2.45) is 5.92 Å². The van der Waals surface area contributed by atoms with E-state index in [1.54, 1.807) is 21.2 Å². The number of thiophene rings is 1. The van der Waals surface area contributed by atoms with Crippen LogP contribution < -0.4 is 15.8 Å². The van der Waals surface area contributed by atoms with E-state index in [1.807, 2.05) is 0 Å². The van der Waals surface area contributed by atoms with Crippen LogP contribution in [0.2, 0.25) is 0 Å². The average Bonchev–Trinajstić information content (AvgIpc) is 2.70. The summed E-state index contributed by atoms with van der Waals surface area (Å²) in [5, 5.41) is 4.27. The molecule has 1 aromatic rings. The first-order valence-corrected chi connectivity index (χ1v) is 7.59. The molecule has 0 aliphatic rings. The summed E-state index contributed by atoms with van der Waals surface area (Å²) < 4.78 is 5.36. The van der Waals surface area contributed by atoms with E-state index in [0.717, 1.165) is 11.4 Å². The van der Waals surface area contributed by atoms with Crippen LogP contribution in [0.1, 0.15) is 36.9 Å². The molecule has 0 bridgehead atoms. The van der Waals surface area contributed by atoms with Gasteiger partial charge in [0.1, 0.15) is 15.6 Å². The van der Waals surface area contributed by atoms with Gasteiger partial charge in [0, 0.05) is 20.1 Å². The average molecular weight is 299 g/mol. The van der Waals surface area contributed by atoms with Crippen LogP contribution in [-0.2, 0) is 0 Å². The first-order valence-electron chi connectivity index (χ1n) is 6.77. The number of methoxy groups -OCH3 is 1. The molecule has 5 nitrogen and oxygen atoms in total. The van der Waals surface area contributed by atoms with Gasteiger partial charge >= 0.3 is 0 Å². The summed E-state index contributed by atoms with van der Waals surface area (Å²) >= 11 is 1.36. The molecule has 0 saturated heterocycles. The highest BCUT2D eigenvalue weighted by molar-refractivity contribution is 7.19. The zero-order chi connectivity index (χ0) is 15.4. The van der Waals surface area contributed by atoms with Crippen LogP contribution in [0.4, 0.5) is 10.7 Å². The fourth-order valence-electron chi connectivity index (χ4n) is 2.00. The standard InChI is InChI=1S/C14H25N3O2S/c1-7-9(8(2)3)16-13-11(19-6)10(15)12(20-13)14(18)17(4)5/h8-9,16H,7,15H2,1-6H3. The van der Waals surface area contributed by atoms with E-state index in [0.29, 0.717) is 28.3 Å². The first kappa shape index (κ1) is 16.6. The zero-order valence-electron chi connectivity index (χ0n) is 13.1. The van der Waals surface area contributed by atoms with Crippen LogP contribution in [0.15, 0.2) is 0 Å². The molecule has 1 unspecified atom stereocenters. The number of carbonyl (C=O) groups excluding carboxylic acids is 1. The second-order valence-electron chi connectivity index (χ2n) is 5.31. The largest absolute Gasteiger partial charge is 0.492 e. The summed E-state index contributed by atoms with van der Waals surface area (Å²) in [6.45, 7) is 6.46. The SMILES string of the molecule is CCC(Nc1sc(C(=O)N(C)C)c(N)c1OC)C(C)C. The molecule has 0 radical (unpaired) electrons. The molecule has 20 heavy (non-hydrogen) atoms. The number of carbonyl (C=O) groups is 1. The fourth-order valence-corrected chi connectivity index (χ4v) is 3.17. The van der Waals surface area contributed by atoms with Crippen LogP contribution >= 0.6 is 11.3 Å². The Bertz CT molecular complexity index is 469. The maximum absolute atomic E-state index is 12.1. The third-order valence-corrected chi connectivity index (χ3v) is 4.37. The highest BCUT2D eigenvalue weighted by Crippen LogP contribution is 2.43. The van der Waals surface area contributed by atoms with Crippen molar-refractivity contribution in [1.29, 1.82) is 0 Å². The predicted octanol–water partition coefficient (Wildman–Crippen LogP) is 2.89. The minimum atomic E-state index is -0.101. The first-order chi connectivity index (χ1) is 9.33. The van der Waals surface area contributed by atoms with Crippen LogP contribution in [-0.4, -0.2) is 38.1 Å². The monoisotopic (exact) mass is 299 g/mol. The number of nitrogen functional groups attached to an aromatic ring is 1. The van der Waals surface area contributed by atoms with Crippen molar-refractivity contribution >= 4 is 27.9 Å². The summed E-state index contributed by atoms with van der Waals surface area (Å²) in [5.74, 6) is 0.955. The van der Waals surface area contributed by atoms with Gasteiger partial charge in [-0.15, -0.1) is 11.3 Å². The van der Waals surface area contributed by atoms with E-state index in [4.69, 9.17) is 10.5 Å². The lowest BCUT2D eigenvalue weighted by atomic mass is 10.0. The van der Waals surface area contributed by atoms with Crippen molar-refractivity contribution in [3.63, 3.8) is 0 Å². The quantitative estimate of drug-likeness (QED) is 0.847. The Kier molecular flexibility index (Phi) is 5.68. The molecular formula is C14H25N3O2S. The molecule has 0 fully saturated rings. The number of rotatable bonds is 6. The van der Waals surface area contributed by atoms with Gasteiger partial charge in [-0.3, -0.25) is 4.79 Å². The molecular weight excluding hydrogens is 274 g/mol. The van der Waals surface area contributed by atoms with E-state index in [9.17, 15) is 4.79 Å². The molecule has 0 saturated carbocycles. The maximum Gasteiger partial charge on any atom is 0.265 e. The summed E-state index contributed by atoms with van der Waals surface area (Å²) in [5.41, 5.74) is 6.46. The summed E-state index contributed by atoms with van der Waals surface area (Å²) in [4.78, 5) is 14.1. The molecule has 1 rings (SSSR count). The molecule has 3 N–H and O–H groups in total. The number of amides is 1. The van der Waals surface area contributed by atoms with Crippen LogP contribution in [0.25, 0.3) is 0 Å². The van der Waals surface area contributed by atoms with Crippen LogP contribution in [0.3, 0.4) is 0 Å². The third-order valence-electron chi connectivity index (χ3n) is 3.27. The molecule has 6 heteroatoms. The smallest absolute Gasteiger partial charge is 0.265 e. The van der Waals surface area contributed by atoms with Crippen molar-refractivity contribution in [3.05, 3.63) is 4.88 Å². The van der Waals surface area contributed by atoms with E-state index in [-0.39, 0.29) is 5.91 Å². The van der Waals surface area contributed by atoms with Gasteiger partial charge in [0.05, 0.1) is 7.11 Å². The van der Waals surface area contributed by atoms with Crippen LogP contribution in [0, 0.1) is 5.92 Å². The lowest BCUT2D eigenvalue weighted by molar-refractivity contribution is 0.0833.